The molecule has 0 saturated carbocycles. The van der Waals surface area contributed by atoms with Crippen molar-refractivity contribution in [1.29, 1.82) is 0 Å². The molecule has 0 aliphatic rings. The van der Waals surface area contributed by atoms with Gasteiger partial charge in [0.2, 0.25) is 0 Å². The molecule has 4 aromatic rings. The lowest BCUT2D eigenvalue weighted by Gasteiger charge is -2.19. The molecule has 0 radical (unpaired) electrons. The lowest BCUT2D eigenvalue weighted by molar-refractivity contribution is 0.103. The summed E-state index contributed by atoms with van der Waals surface area (Å²) >= 11 is 1.38. The second kappa shape index (κ2) is 8.41. The fraction of sp³-hybridized carbons (Fsp3) is 0.160. The first kappa shape index (κ1) is 22.0. The molecule has 1 N–H and O–H groups in total. The Morgan fingerprint density at radius 1 is 0.875 bits per heavy atom. The largest absolute Gasteiger partial charge is 0.321 e. The number of sulfonamides is 1. The van der Waals surface area contributed by atoms with E-state index in [1.54, 1.807) is 42.5 Å². The monoisotopic (exact) mass is 464 g/mol. The van der Waals surface area contributed by atoms with E-state index in [1.165, 1.54) is 28.3 Å². The van der Waals surface area contributed by atoms with Crippen LogP contribution in [0.5, 0.6) is 0 Å². The Labute approximate surface area is 192 Å². The summed E-state index contributed by atoms with van der Waals surface area (Å²) in [5.74, 6) is -0.184. The van der Waals surface area contributed by atoms with Crippen LogP contribution in [0, 0.1) is 20.8 Å². The van der Waals surface area contributed by atoms with Crippen molar-refractivity contribution in [2.75, 3.05) is 16.7 Å². The van der Waals surface area contributed by atoms with Crippen molar-refractivity contribution in [2.45, 2.75) is 25.7 Å². The van der Waals surface area contributed by atoms with E-state index >= 15 is 0 Å². The minimum Gasteiger partial charge on any atom is -0.321 e. The first-order valence-corrected chi connectivity index (χ1v) is 12.4. The first-order chi connectivity index (χ1) is 15.1. The summed E-state index contributed by atoms with van der Waals surface area (Å²) in [5, 5.41) is 3.76. The second-order valence-corrected chi connectivity index (χ2v) is 10.9. The maximum atomic E-state index is 13.0. The summed E-state index contributed by atoms with van der Waals surface area (Å²) in [6, 6.07) is 19.8. The normalized spacial score (nSPS) is 11.5. The summed E-state index contributed by atoms with van der Waals surface area (Å²) in [6.45, 7) is 5.95. The fourth-order valence-electron chi connectivity index (χ4n) is 3.36. The summed E-state index contributed by atoms with van der Waals surface area (Å²) < 4.78 is 28.2. The predicted molar refractivity (Wildman–Crippen MR) is 132 cm³/mol. The number of anilines is 2. The van der Waals surface area contributed by atoms with E-state index in [0.29, 0.717) is 10.6 Å². The van der Waals surface area contributed by atoms with Gasteiger partial charge in [-0.05, 0) is 85.8 Å². The molecular weight excluding hydrogens is 440 g/mol. The number of nitrogens with one attached hydrogen (secondary N) is 1. The number of carbonyl (C=O) groups excluding carboxylic acids is 1. The van der Waals surface area contributed by atoms with Crippen molar-refractivity contribution in [2.24, 2.45) is 0 Å². The van der Waals surface area contributed by atoms with Gasteiger partial charge in [-0.1, -0.05) is 23.8 Å². The van der Waals surface area contributed by atoms with Gasteiger partial charge in [0.15, 0.2) is 0 Å². The Morgan fingerprint density at radius 2 is 1.59 bits per heavy atom. The van der Waals surface area contributed by atoms with Gasteiger partial charge >= 0.3 is 0 Å². The van der Waals surface area contributed by atoms with Crippen LogP contribution < -0.4 is 9.62 Å². The van der Waals surface area contributed by atoms with Crippen LogP contribution in [0.4, 0.5) is 11.4 Å². The van der Waals surface area contributed by atoms with Crippen molar-refractivity contribution in [3.8, 4) is 0 Å². The molecule has 0 fully saturated rings. The summed E-state index contributed by atoms with van der Waals surface area (Å²) in [6.07, 6.45) is 0. The van der Waals surface area contributed by atoms with Gasteiger partial charge in [-0.2, -0.15) is 0 Å². The Balaban J connectivity index is 1.60. The zero-order valence-electron chi connectivity index (χ0n) is 18.3. The van der Waals surface area contributed by atoms with Crippen LogP contribution in [0.2, 0.25) is 0 Å². The van der Waals surface area contributed by atoms with E-state index in [2.05, 4.69) is 5.32 Å². The van der Waals surface area contributed by atoms with Crippen LogP contribution in [-0.2, 0) is 10.0 Å². The molecule has 7 heteroatoms. The average Bonchev–Trinajstić information content (AvgIpc) is 3.19. The summed E-state index contributed by atoms with van der Waals surface area (Å²) in [5.41, 5.74) is 4.57. The number of thiophene rings is 1. The van der Waals surface area contributed by atoms with E-state index in [0.717, 1.165) is 26.9 Å². The van der Waals surface area contributed by atoms with Crippen molar-refractivity contribution >= 4 is 48.7 Å². The van der Waals surface area contributed by atoms with Crippen molar-refractivity contribution in [3.63, 3.8) is 0 Å². The van der Waals surface area contributed by atoms with Gasteiger partial charge in [-0.25, -0.2) is 8.42 Å². The molecule has 1 aromatic heterocycles. The second-order valence-electron chi connectivity index (χ2n) is 7.87. The average molecular weight is 465 g/mol. The predicted octanol–water partition coefficient (Wildman–Crippen LogP) is 5.90. The van der Waals surface area contributed by atoms with Gasteiger partial charge in [0, 0.05) is 17.4 Å². The highest BCUT2D eigenvalue weighted by Gasteiger charge is 2.22. The number of amides is 1. The van der Waals surface area contributed by atoms with E-state index in [4.69, 9.17) is 0 Å². The van der Waals surface area contributed by atoms with Gasteiger partial charge < -0.3 is 5.32 Å². The lowest BCUT2D eigenvalue weighted by Crippen LogP contribution is -2.26. The highest BCUT2D eigenvalue weighted by Crippen LogP contribution is 2.31. The van der Waals surface area contributed by atoms with Crippen molar-refractivity contribution < 1.29 is 13.2 Å². The molecule has 0 aliphatic heterocycles. The van der Waals surface area contributed by atoms with Gasteiger partial charge in [0.1, 0.15) is 0 Å². The van der Waals surface area contributed by atoms with Crippen LogP contribution in [-0.4, -0.2) is 21.4 Å². The summed E-state index contributed by atoms with van der Waals surface area (Å²) in [7, 11) is -2.14. The Morgan fingerprint density at radius 3 is 2.28 bits per heavy atom. The van der Waals surface area contributed by atoms with E-state index in [-0.39, 0.29) is 10.8 Å². The zero-order valence-corrected chi connectivity index (χ0v) is 20.0. The molecule has 5 nitrogen and oxygen atoms in total. The quantitative estimate of drug-likeness (QED) is 0.400. The van der Waals surface area contributed by atoms with E-state index < -0.39 is 10.0 Å². The molecule has 1 heterocycles. The van der Waals surface area contributed by atoms with E-state index in [9.17, 15) is 13.2 Å². The third-order valence-electron chi connectivity index (χ3n) is 5.53. The number of hydrogen-bond donors (Lipinski definition) is 1. The fourth-order valence-corrected chi connectivity index (χ4v) is 5.48. The Kier molecular flexibility index (Phi) is 5.79. The Hall–Kier alpha value is -3.16. The van der Waals surface area contributed by atoms with Crippen molar-refractivity contribution in [1.82, 2.24) is 0 Å². The molecule has 0 bridgehead atoms. The van der Waals surface area contributed by atoms with Crippen LogP contribution in [0.1, 0.15) is 26.4 Å². The number of hydrogen-bond acceptors (Lipinski definition) is 4. The number of rotatable bonds is 5. The zero-order chi connectivity index (χ0) is 23.0. The third kappa shape index (κ3) is 4.26. The Bertz CT molecular complexity index is 1420. The number of fused-ring (bicyclic) bond motifs is 1. The maximum absolute atomic E-state index is 13.0. The van der Waals surface area contributed by atoms with Crippen LogP contribution >= 0.6 is 11.3 Å². The molecule has 0 spiro atoms. The molecule has 1 amide bonds. The van der Waals surface area contributed by atoms with Crippen LogP contribution in [0.3, 0.4) is 0 Å². The molecule has 0 saturated heterocycles. The first-order valence-electron chi connectivity index (χ1n) is 10.1. The SMILES string of the molecule is Cc1ccc(S(=O)(=O)N(C)c2ccc3sc(C(=O)Nc4ccc(C)c(C)c4)cc3c2)cc1. The lowest BCUT2D eigenvalue weighted by atomic mass is 10.1. The van der Waals surface area contributed by atoms with Crippen molar-refractivity contribution in [3.05, 3.63) is 88.3 Å². The van der Waals surface area contributed by atoms with Gasteiger partial charge in [-0.3, -0.25) is 9.10 Å². The molecule has 4 rings (SSSR count). The minimum atomic E-state index is -3.68. The minimum absolute atomic E-state index is 0.184. The highest BCUT2D eigenvalue weighted by molar-refractivity contribution is 7.92. The molecule has 32 heavy (non-hydrogen) atoms. The standard InChI is InChI=1S/C25H24N2O3S2/c1-16-5-10-22(11-6-16)32(29,30)27(4)21-9-12-23-19(14-21)15-24(31-23)25(28)26-20-8-7-17(2)18(3)13-20/h5-15H,1-4H3,(H,26,28). The molecule has 0 aliphatic carbocycles. The smallest absolute Gasteiger partial charge is 0.265 e. The van der Waals surface area contributed by atoms with Crippen LogP contribution in [0.15, 0.2) is 71.6 Å². The number of aryl methyl sites for hydroxylation is 3. The van der Waals surface area contributed by atoms with Gasteiger partial charge in [0.05, 0.1) is 15.5 Å². The molecule has 3 aromatic carbocycles. The molecular formula is C25H24N2O3S2. The topological polar surface area (TPSA) is 66.5 Å². The molecule has 0 unspecified atom stereocenters. The molecule has 164 valence electrons. The third-order valence-corrected chi connectivity index (χ3v) is 8.45. The van der Waals surface area contributed by atoms with Gasteiger partial charge in [-0.15, -0.1) is 11.3 Å². The summed E-state index contributed by atoms with van der Waals surface area (Å²) in [4.78, 5) is 13.6. The number of nitrogens with zero attached hydrogens (tertiary/aromatic N) is 1. The van der Waals surface area contributed by atoms with E-state index in [1.807, 2.05) is 45.0 Å². The number of carbonyl (C=O) groups is 1. The highest BCUT2D eigenvalue weighted by atomic mass is 32.2. The van der Waals surface area contributed by atoms with Gasteiger partial charge in [0.25, 0.3) is 15.9 Å². The maximum Gasteiger partial charge on any atom is 0.265 e. The van der Waals surface area contributed by atoms with Crippen LogP contribution in [0.25, 0.3) is 10.1 Å². The number of benzene rings is 3. The molecule has 0 atom stereocenters.